The molecule has 0 radical (unpaired) electrons. The van der Waals surface area contributed by atoms with Crippen molar-refractivity contribution in [3.63, 3.8) is 0 Å². The maximum absolute atomic E-state index is 13.2. The van der Waals surface area contributed by atoms with Gasteiger partial charge < -0.3 is 4.90 Å². The number of hydrogen-bond donors (Lipinski definition) is 0. The predicted molar refractivity (Wildman–Crippen MR) is 83.6 cm³/mol. The van der Waals surface area contributed by atoms with Crippen LogP contribution in [0.2, 0.25) is 0 Å². The van der Waals surface area contributed by atoms with E-state index in [0.29, 0.717) is 0 Å². The van der Waals surface area contributed by atoms with Gasteiger partial charge in [-0.05, 0) is 63.7 Å². The van der Waals surface area contributed by atoms with Crippen molar-refractivity contribution in [1.82, 2.24) is 4.90 Å². The van der Waals surface area contributed by atoms with Gasteiger partial charge in [0.25, 0.3) is 0 Å². The van der Waals surface area contributed by atoms with E-state index in [1.165, 1.54) is 12.1 Å². The largest absolute Gasteiger partial charge is 0.309 e. The lowest BCUT2D eigenvalue weighted by Gasteiger charge is -2.33. The number of hydrogen-bond acceptors (Lipinski definition) is 1. The van der Waals surface area contributed by atoms with Crippen molar-refractivity contribution in [1.29, 1.82) is 0 Å². The van der Waals surface area contributed by atoms with Crippen LogP contribution < -0.4 is 0 Å². The highest BCUT2D eigenvalue weighted by Gasteiger charge is 2.30. The smallest absolute Gasteiger partial charge is 0.123 e. The summed E-state index contributed by atoms with van der Waals surface area (Å²) in [6, 6.07) is 6.82. The average molecular weight is 294 g/mol. The number of halogens is 2. The third kappa shape index (κ3) is 3.71. The topological polar surface area (TPSA) is 3.24 Å². The van der Waals surface area contributed by atoms with Crippen LogP contribution in [0.5, 0.6) is 0 Å². The molecule has 1 aromatic rings. The molecule has 20 heavy (non-hydrogen) atoms. The van der Waals surface area contributed by atoms with Crippen LogP contribution in [0.4, 0.5) is 4.39 Å². The van der Waals surface area contributed by atoms with Gasteiger partial charge in [0.1, 0.15) is 5.82 Å². The molecule has 3 heteroatoms. The summed E-state index contributed by atoms with van der Waals surface area (Å²) >= 11 is 6.21. The zero-order valence-electron chi connectivity index (χ0n) is 12.1. The van der Waals surface area contributed by atoms with Gasteiger partial charge in [-0.1, -0.05) is 35.9 Å². The molecule has 0 heterocycles. The predicted octanol–water partition coefficient (Wildman–Crippen LogP) is 4.49. The molecular weight excluding hydrogens is 273 g/mol. The fourth-order valence-corrected chi connectivity index (χ4v) is 3.06. The minimum atomic E-state index is -0.196. The molecule has 0 spiro atoms. The second-order valence-electron chi connectivity index (χ2n) is 5.71. The normalized spacial score (nSPS) is 22.1. The lowest BCUT2D eigenvalue weighted by Crippen LogP contribution is -2.26. The molecule has 0 fully saturated rings. The number of rotatable bonds is 5. The highest BCUT2D eigenvalue weighted by Crippen LogP contribution is 2.39. The molecule has 1 nitrogen and oxygen atoms in total. The molecule has 1 aliphatic rings. The minimum Gasteiger partial charge on any atom is -0.309 e. The van der Waals surface area contributed by atoms with Gasteiger partial charge in [0.2, 0.25) is 0 Å². The lowest BCUT2D eigenvalue weighted by molar-refractivity contribution is 0.364. The maximum atomic E-state index is 13.2. The van der Waals surface area contributed by atoms with Crippen molar-refractivity contribution in [2.75, 3.05) is 20.6 Å². The Morgan fingerprint density at radius 3 is 2.55 bits per heavy atom. The lowest BCUT2D eigenvalue weighted by atomic mass is 9.72. The molecule has 0 saturated heterocycles. The molecule has 0 aliphatic heterocycles. The molecule has 2 rings (SSSR count). The second kappa shape index (κ2) is 6.55. The fourth-order valence-electron chi connectivity index (χ4n) is 2.77. The Hall–Kier alpha value is -1.12. The molecule has 1 aromatic carbocycles. The summed E-state index contributed by atoms with van der Waals surface area (Å²) in [7, 11) is 4.16. The van der Waals surface area contributed by atoms with Crippen LogP contribution in [-0.4, -0.2) is 25.5 Å². The molecule has 108 valence electrons. The Kier molecular flexibility index (Phi) is 5.00. The van der Waals surface area contributed by atoms with Crippen molar-refractivity contribution in [3.05, 3.63) is 58.9 Å². The van der Waals surface area contributed by atoms with Gasteiger partial charge in [-0.25, -0.2) is 4.39 Å². The summed E-state index contributed by atoms with van der Waals surface area (Å²) in [4.78, 5) is 2.18. The Morgan fingerprint density at radius 2 is 1.95 bits per heavy atom. The standard InChI is InChI=1S/C17H21ClFN/c1-20(2)12-4-11-17(10-3-5-15(18)13-17)14-6-8-16(19)9-7-14/h3,5-9,13H,4,10-12H2,1-2H3. The number of nitrogens with zero attached hydrogens (tertiary/aromatic N) is 1. The number of allylic oxidation sites excluding steroid dienone is 4. The van der Waals surface area contributed by atoms with E-state index in [0.717, 1.165) is 36.4 Å². The fraction of sp³-hybridized carbons (Fsp3) is 0.412. The van der Waals surface area contributed by atoms with Gasteiger partial charge in [-0.15, -0.1) is 0 Å². The van der Waals surface area contributed by atoms with Crippen LogP contribution in [0.1, 0.15) is 24.8 Å². The van der Waals surface area contributed by atoms with Crippen LogP contribution >= 0.6 is 11.6 Å². The number of benzene rings is 1. The first kappa shape index (κ1) is 15.3. The molecule has 0 N–H and O–H groups in total. The van der Waals surface area contributed by atoms with E-state index in [4.69, 9.17) is 11.6 Å². The molecule has 0 saturated carbocycles. The second-order valence-corrected chi connectivity index (χ2v) is 6.14. The van der Waals surface area contributed by atoms with Crippen molar-refractivity contribution < 1.29 is 4.39 Å². The summed E-state index contributed by atoms with van der Waals surface area (Å²) < 4.78 is 13.2. The third-order valence-corrected chi connectivity index (χ3v) is 4.06. The summed E-state index contributed by atoms with van der Waals surface area (Å²) in [5, 5.41) is 0.769. The van der Waals surface area contributed by atoms with Gasteiger partial charge in [-0.2, -0.15) is 0 Å². The summed E-state index contributed by atoms with van der Waals surface area (Å²) in [6.45, 7) is 1.04. The molecule has 1 atom stereocenters. The first-order valence-corrected chi connectivity index (χ1v) is 7.35. The molecular formula is C17H21ClFN. The average Bonchev–Trinajstić information content (AvgIpc) is 2.39. The maximum Gasteiger partial charge on any atom is 0.123 e. The first-order valence-electron chi connectivity index (χ1n) is 6.97. The highest BCUT2D eigenvalue weighted by molar-refractivity contribution is 6.31. The van der Waals surface area contributed by atoms with E-state index < -0.39 is 0 Å². The summed E-state index contributed by atoms with van der Waals surface area (Å²) in [5.41, 5.74) is 1.04. The SMILES string of the molecule is CN(C)CCCC1(c2ccc(F)cc2)C=C(Cl)C=CC1. The zero-order valence-corrected chi connectivity index (χ0v) is 12.8. The van der Waals surface area contributed by atoms with Crippen molar-refractivity contribution >= 4 is 11.6 Å². The van der Waals surface area contributed by atoms with Crippen LogP contribution in [0, 0.1) is 5.82 Å². The van der Waals surface area contributed by atoms with Crippen LogP contribution in [-0.2, 0) is 5.41 Å². The third-order valence-electron chi connectivity index (χ3n) is 3.82. The van der Waals surface area contributed by atoms with Crippen LogP contribution in [0.15, 0.2) is 47.5 Å². The van der Waals surface area contributed by atoms with Gasteiger partial charge in [0, 0.05) is 10.4 Å². The Balaban J connectivity index is 2.25. The van der Waals surface area contributed by atoms with E-state index in [9.17, 15) is 4.39 Å². The first-order chi connectivity index (χ1) is 9.52. The summed E-state index contributed by atoms with van der Waals surface area (Å²) in [5.74, 6) is -0.196. The van der Waals surface area contributed by atoms with E-state index in [-0.39, 0.29) is 11.2 Å². The molecule has 1 unspecified atom stereocenters. The van der Waals surface area contributed by atoms with E-state index in [2.05, 4.69) is 31.1 Å². The van der Waals surface area contributed by atoms with Crippen molar-refractivity contribution in [3.8, 4) is 0 Å². The Bertz CT molecular complexity index is 504. The van der Waals surface area contributed by atoms with Gasteiger partial charge >= 0.3 is 0 Å². The molecule has 0 bridgehead atoms. The molecule has 1 aliphatic carbocycles. The van der Waals surface area contributed by atoms with Crippen molar-refractivity contribution in [2.24, 2.45) is 0 Å². The highest BCUT2D eigenvalue weighted by atomic mass is 35.5. The van der Waals surface area contributed by atoms with E-state index in [1.807, 2.05) is 18.2 Å². The van der Waals surface area contributed by atoms with Gasteiger partial charge in [0.05, 0.1) is 0 Å². The Labute approximate surface area is 125 Å². The van der Waals surface area contributed by atoms with Crippen molar-refractivity contribution in [2.45, 2.75) is 24.7 Å². The monoisotopic (exact) mass is 293 g/mol. The van der Waals surface area contributed by atoms with E-state index >= 15 is 0 Å². The van der Waals surface area contributed by atoms with E-state index in [1.54, 1.807) is 0 Å². The van der Waals surface area contributed by atoms with Crippen LogP contribution in [0.25, 0.3) is 0 Å². The zero-order chi connectivity index (χ0) is 14.6. The Morgan fingerprint density at radius 1 is 1.25 bits per heavy atom. The van der Waals surface area contributed by atoms with Gasteiger partial charge in [-0.3, -0.25) is 0 Å². The molecule has 0 amide bonds. The van der Waals surface area contributed by atoms with Gasteiger partial charge in [0.15, 0.2) is 0 Å². The minimum absolute atomic E-state index is 0.102. The quantitative estimate of drug-likeness (QED) is 0.773. The van der Waals surface area contributed by atoms with Crippen LogP contribution in [0.3, 0.4) is 0 Å². The molecule has 0 aromatic heterocycles. The summed E-state index contributed by atoms with van der Waals surface area (Å²) in [6.07, 6.45) is 9.19.